The molecule has 0 radical (unpaired) electrons. The van der Waals surface area contributed by atoms with Gasteiger partial charge in [0.15, 0.2) is 0 Å². The van der Waals surface area contributed by atoms with Crippen molar-refractivity contribution in [3.05, 3.63) is 174 Å². The summed E-state index contributed by atoms with van der Waals surface area (Å²) in [6.07, 6.45) is 3.56. The van der Waals surface area contributed by atoms with E-state index in [2.05, 4.69) is 175 Å². The first-order valence-electron chi connectivity index (χ1n) is 16.7. The molecule has 224 valence electrons. The molecule has 0 saturated heterocycles. The highest BCUT2D eigenvalue weighted by Crippen LogP contribution is 2.55. The van der Waals surface area contributed by atoms with Crippen molar-refractivity contribution in [2.45, 2.75) is 31.6 Å². The first-order valence-corrected chi connectivity index (χ1v) is 16.7. The van der Waals surface area contributed by atoms with Gasteiger partial charge < -0.3 is 9.13 Å². The molecule has 1 atom stereocenters. The van der Waals surface area contributed by atoms with Crippen LogP contribution in [0.3, 0.4) is 0 Å². The van der Waals surface area contributed by atoms with Crippen LogP contribution in [0.25, 0.3) is 61.3 Å². The lowest BCUT2D eigenvalue weighted by atomic mass is 9.76. The Balaban J connectivity index is 1.26. The van der Waals surface area contributed by atoms with Gasteiger partial charge in [-0.3, -0.25) is 0 Å². The zero-order valence-electron chi connectivity index (χ0n) is 26.6. The van der Waals surface area contributed by atoms with Crippen LogP contribution < -0.4 is 0 Å². The average molecular weight is 603 g/mol. The van der Waals surface area contributed by atoms with Crippen LogP contribution in [-0.2, 0) is 11.8 Å². The molecule has 10 rings (SSSR count). The predicted molar refractivity (Wildman–Crippen MR) is 197 cm³/mol. The van der Waals surface area contributed by atoms with Crippen LogP contribution in [-0.4, -0.2) is 9.13 Å². The minimum absolute atomic E-state index is 0.0110. The van der Waals surface area contributed by atoms with E-state index in [4.69, 9.17) is 0 Å². The van der Waals surface area contributed by atoms with Crippen molar-refractivity contribution >= 4 is 38.8 Å². The molecule has 47 heavy (non-hydrogen) atoms. The minimum atomic E-state index is -0.0110. The van der Waals surface area contributed by atoms with E-state index in [0.717, 1.165) is 6.42 Å². The van der Waals surface area contributed by atoms with E-state index in [1.54, 1.807) is 0 Å². The zero-order chi connectivity index (χ0) is 31.3. The largest absolute Gasteiger partial charge is 0.309 e. The molecule has 2 aromatic heterocycles. The molecule has 0 bridgehead atoms. The molecule has 0 N–H and O–H groups in total. The van der Waals surface area contributed by atoms with Crippen LogP contribution in [0.15, 0.2) is 151 Å². The van der Waals surface area contributed by atoms with Crippen molar-refractivity contribution in [2.75, 3.05) is 0 Å². The van der Waals surface area contributed by atoms with E-state index >= 15 is 0 Å². The number of benzene rings is 6. The van der Waals surface area contributed by atoms with Crippen LogP contribution in [0, 0.1) is 0 Å². The second kappa shape index (κ2) is 9.70. The number of hydrogen-bond acceptors (Lipinski definition) is 0. The normalized spacial score (nSPS) is 16.3. The number of para-hydroxylation sites is 3. The van der Waals surface area contributed by atoms with Crippen LogP contribution in [0.2, 0.25) is 0 Å². The summed E-state index contributed by atoms with van der Waals surface area (Å²) in [5.74, 6) is 0.416. The molecule has 2 heterocycles. The van der Waals surface area contributed by atoms with Gasteiger partial charge >= 0.3 is 0 Å². The molecule has 2 heteroatoms. The molecule has 0 aliphatic heterocycles. The van der Waals surface area contributed by atoms with Gasteiger partial charge in [0, 0.05) is 38.7 Å². The van der Waals surface area contributed by atoms with E-state index in [1.165, 1.54) is 83.2 Å². The van der Waals surface area contributed by atoms with Gasteiger partial charge in [0.1, 0.15) is 0 Å². The summed E-state index contributed by atoms with van der Waals surface area (Å²) in [6, 6.07) is 53.6. The minimum Gasteiger partial charge on any atom is -0.309 e. The van der Waals surface area contributed by atoms with Crippen molar-refractivity contribution < 1.29 is 0 Å². The quantitative estimate of drug-likeness (QED) is 0.190. The molecule has 2 aliphatic carbocycles. The van der Waals surface area contributed by atoms with Gasteiger partial charge in [0.2, 0.25) is 0 Å². The van der Waals surface area contributed by atoms with Crippen molar-refractivity contribution in [1.29, 1.82) is 0 Å². The Bertz CT molecular complexity index is 2520. The highest BCUT2D eigenvalue weighted by molar-refractivity contribution is 6.09. The van der Waals surface area contributed by atoms with Crippen molar-refractivity contribution in [3.63, 3.8) is 0 Å². The SMILES string of the molecule is CC1(C)C2=Cc3c(c4ccccc4n3-c3ccc(-n4c5ccccc5c5ccccc54)cc3-c3ccccc3)CC2c2ccccc21. The molecule has 0 fully saturated rings. The molecule has 2 nitrogen and oxygen atoms in total. The van der Waals surface area contributed by atoms with Crippen molar-refractivity contribution in [2.24, 2.45) is 0 Å². The highest BCUT2D eigenvalue weighted by atomic mass is 15.0. The summed E-state index contributed by atoms with van der Waals surface area (Å²) in [7, 11) is 0. The van der Waals surface area contributed by atoms with E-state index in [-0.39, 0.29) is 5.41 Å². The third-order valence-corrected chi connectivity index (χ3v) is 11.0. The Morgan fingerprint density at radius 3 is 1.89 bits per heavy atom. The Labute approximate surface area is 274 Å². The lowest BCUT2D eigenvalue weighted by Gasteiger charge is -2.28. The van der Waals surface area contributed by atoms with Crippen molar-refractivity contribution in [1.82, 2.24) is 9.13 Å². The maximum absolute atomic E-state index is 2.55. The first-order chi connectivity index (χ1) is 23.1. The maximum Gasteiger partial charge on any atom is 0.0541 e. The molecule has 1 unspecified atom stereocenters. The van der Waals surface area contributed by atoms with Crippen LogP contribution >= 0.6 is 0 Å². The van der Waals surface area contributed by atoms with Gasteiger partial charge in [-0.15, -0.1) is 0 Å². The summed E-state index contributed by atoms with van der Waals surface area (Å²) < 4.78 is 4.97. The summed E-state index contributed by atoms with van der Waals surface area (Å²) >= 11 is 0. The fraction of sp³-hybridized carbons (Fsp3) is 0.111. The fourth-order valence-corrected chi connectivity index (χ4v) is 8.84. The van der Waals surface area contributed by atoms with Gasteiger partial charge in [0.25, 0.3) is 0 Å². The van der Waals surface area contributed by atoms with Crippen LogP contribution in [0.5, 0.6) is 0 Å². The van der Waals surface area contributed by atoms with E-state index in [0.29, 0.717) is 5.92 Å². The summed E-state index contributed by atoms with van der Waals surface area (Å²) in [6.45, 7) is 4.82. The third kappa shape index (κ3) is 3.67. The van der Waals surface area contributed by atoms with Crippen LogP contribution in [0.1, 0.15) is 42.1 Å². The molecule has 0 amide bonds. The molecular weight excluding hydrogens is 569 g/mol. The topological polar surface area (TPSA) is 9.86 Å². The Hall–Kier alpha value is -5.60. The monoisotopic (exact) mass is 602 g/mol. The molecule has 2 aliphatic rings. The van der Waals surface area contributed by atoms with Gasteiger partial charge in [-0.05, 0) is 71.1 Å². The number of fused-ring (bicyclic) bond motifs is 9. The average Bonchev–Trinajstić information content (AvgIpc) is 3.71. The van der Waals surface area contributed by atoms with E-state index in [1.807, 2.05) is 0 Å². The van der Waals surface area contributed by atoms with Crippen LogP contribution in [0.4, 0.5) is 0 Å². The predicted octanol–water partition coefficient (Wildman–Crippen LogP) is 11.4. The number of rotatable bonds is 3. The van der Waals surface area contributed by atoms with Gasteiger partial charge in [-0.25, -0.2) is 0 Å². The summed E-state index contributed by atoms with van der Waals surface area (Å²) in [5.41, 5.74) is 15.8. The fourth-order valence-electron chi connectivity index (χ4n) is 8.84. The Kier molecular flexibility index (Phi) is 5.49. The Morgan fingerprint density at radius 2 is 1.17 bits per heavy atom. The van der Waals surface area contributed by atoms with Gasteiger partial charge in [-0.2, -0.15) is 0 Å². The molecule has 0 saturated carbocycles. The molecule has 0 spiro atoms. The van der Waals surface area contributed by atoms with Crippen molar-refractivity contribution in [3.8, 4) is 22.5 Å². The van der Waals surface area contributed by atoms with E-state index in [9.17, 15) is 0 Å². The molecule has 6 aromatic carbocycles. The standard InChI is InChI=1S/C45H34N2/c1-45(2)38-20-10-6-16-31(38)36-27-37-34-19-9-13-23-42(34)47(44(37)28-39(36)45)43-25-24-30(26-35(43)29-14-4-3-5-15-29)46-40-21-11-7-17-32(40)33-18-8-12-22-41(33)46/h3-26,28,36H,27H2,1-2H3. The second-order valence-electron chi connectivity index (χ2n) is 13.7. The summed E-state index contributed by atoms with van der Waals surface area (Å²) in [5, 5.41) is 3.91. The smallest absolute Gasteiger partial charge is 0.0541 e. The maximum atomic E-state index is 2.55. The first kappa shape index (κ1) is 26.6. The number of hydrogen-bond donors (Lipinski definition) is 0. The molecule has 8 aromatic rings. The number of nitrogens with zero attached hydrogens (tertiary/aromatic N) is 2. The number of allylic oxidation sites excluding steroid dienone is 1. The lowest BCUT2D eigenvalue weighted by molar-refractivity contribution is 0.613. The van der Waals surface area contributed by atoms with E-state index < -0.39 is 0 Å². The zero-order valence-corrected chi connectivity index (χ0v) is 26.6. The second-order valence-corrected chi connectivity index (χ2v) is 13.7. The summed E-state index contributed by atoms with van der Waals surface area (Å²) in [4.78, 5) is 0. The van der Waals surface area contributed by atoms with Gasteiger partial charge in [0.05, 0.1) is 27.9 Å². The number of aromatic nitrogens is 2. The lowest BCUT2D eigenvalue weighted by Crippen LogP contribution is -2.19. The van der Waals surface area contributed by atoms with Gasteiger partial charge in [-0.1, -0.05) is 129 Å². The third-order valence-electron chi connectivity index (χ3n) is 11.0. The highest BCUT2D eigenvalue weighted by Gasteiger charge is 2.44. The Morgan fingerprint density at radius 1 is 0.574 bits per heavy atom. The molecular formula is C45H34N2.